The third kappa shape index (κ3) is 2.35. The van der Waals surface area contributed by atoms with E-state index in [0.29, 0.717) is 5.95 Å². The highest BCUT2D eigenvalue weighted by Gasteiger charge is 2.16. The molecule has 4 heteroatoms. The van der Waals surface area contributed by atoms with Crippen molar-refractivity contribution in [3.05, 3.63) is 21.8 Å². The summed E-state index contributed by atoms with van der Waals surface area (Å²) >= 11 is 2.31. The van der Waals surface area contributed by atoms with Crippen LogP contribution in [0.15, 0.2) is 18.2 Å². The number of anilines is 1. The SMILES string of the molecule is Nc1nc2cc(I)ccc2n1CCC1CCCC1. The van der Waals surface area contributed by atoms with Crippen LogP contribution in [-0.4, -0.2) is 9.55 Å². The van der Waals surface area contributed by atoms with Gasteiger partial charge in [-0.25, -0.2) is 4.98 Å². The summed E-state index contributed by atoms with van der Waals surface area (Å²) in [6.45, 7) is 1.01. The molecule has 1 saturated carbocycles. The molecule has 3 nitrogen and oxygen atoms in total. The third-order valence-electron chi connectivity index (χ3n) is 3.98. The molecule has 1 aromatic heterocycles. The summed E-state index contributed by atoms with van der Waals surface area (Å²) in [6, 6.07) is 6.35. The summed E-state index contributed by atoms with van der Waals surface area (Å²) in [7, 11) is 0. The van der Waals surface area contributed by atoms with Gasteiger partial charge in [0.2, 0.25) is 5.95 Å². The number of hydrogen-bond donors (Lipinski definition) is 1. The van der Waals surface area contributed by atoms with E-state index in [1.165, 1.54) is 41.2 Å². The van der Waals surface area contributed by atoms with Gasteiger partial charge in [0, 0.05) is 10.1 Å². The van der Waals surface area contributed by atoms with Crippen LogP contribution in [0.4, 0.5) is 5.95 Å². The molecule has 1 aromatic carbocycles. The fraction of sp³-hybridized carbons (Fsp3) is 0.500. The Balaban J connectivity index is 1.84. The Bertz CT molecular complexity index is 555. The number of nitrogens with zero attached hydrogens (tertiary/aromatic N) is 2. The van der Waals surface area contributed by atoms with Gasteiger partial charge in [-0.3, -0.25) is 0 Å². The van der Waals surface area contributed by atoms with Crippen molar-refractivity contribution in [1.82, 2.24) is 9.55 Å². The fourth-order valence-corrected chi connectivity index (χ4v) is 3.44. The summed E-state index contributed by atoms with van der Waals surface area (Å²) in [5, 5.41) is 0. The Kier molecular flexibility index (Phi) is 3.46. The normalized spacial score (nSPS) is 16.7. The van der Waals surface area contributed by atoms with Crippen LogP contribution < -0.4 is 5.73 Å². The van der Waals surface area contributed by atoms with E-state index in [1.807, 2.05) is 0 Å². The van der Waals surface area contributed by atoms with Crippen molar-refractivity contribution in [2.45, 2.75) is 38.6 Å². The molecule has 1 aliphatic carbocycles. The van der Waals surface area contributed by atoms with Crippen molar-refractivity contribution in [2.75, 3.05) is 5.73 Å². The zero-order chi connectivity index (χ0) is 12.5. The number of imidazole rings is 1. The number of halogens is 1. The van der Waals surface area contributed by atoms with Crippen LogP contribution >= 0.6 is 22.6 Å². The van der Waals surface area contributed by atoms with E-state index in [4.69, 9.17) is 5.73 Å². The van der Waals surface area contributed by atoms with Crippen LogP contribution in [0.1, 0.15) is 32.1 Å². The molecule has 0 amide bonds. The van der Waals surface area contributed by atoms with Gasteiger partial charge in [0.1, 0.15) is 0 Å². The van der Waals surface area contributed by atoms with Crippen LogP contribution in [0, 0.1) is 9.49 Å². The van der Waals surface area contributed by atoms with Gasteiger partial charge in [0.15, 0.2) is 0 Å². The van der Waals surface area contributed by atoms with E-state index in [1.54, 1.807) is 0 Å². The maximum atomic E-state index is 6.04. The molecule has 0 spiro atoms. The molecule has 0 bridgehead atoms. The topological polar surface area (TPSA) is 43.8 Å². The van der Waals surface area contributed by atoms with Crippen molar-refractivity contribution < 1.29 is 0 Å². The number of fused-ring (bicyclic) bond motifs is 1. The van der Waals surface area contributed by atoms with Gasteiger partial charge >= 0.3 is 0 Å². The number of nitrogens with two attached hydrogens (primary N) is 1. The van der Waals surface area contributed by atoms with Crippen molar-refractivity contribution in [2.24, 2.45) is 5.92 Å². The number of nitrogen functional groups attached to an aromatic ring is 1. The minimum Gasteiger partial charge on any atom is -0.369 e. The lowest BCUT2D eigenvalue weighted by molar-refractivity contribution is 0.464. The maximum Gasteiger partial charge on any atom is 0.201 e. The summed E-state index contributed by atoms with van der Waals surface area (Å²) in [6.07, 6.45) is 6.84. The molecule has 18 heavy (non-hydrogen) atoms. The molecular weight excluding hydrogens is 337 g/mol. The predicted molar refractivity (Wildman–Crippen MR) is 83.4 cm³/mol. The van der Waals surface area contributed by atoms with Gasteiger partial charge in [-0.2, -0.15) is 0 Å². The van der Waals surface area contributed by atoms with Crippen LogP contribution in [0.5, 0.6) is 0 Å². The highest BCUT2D eigenvalue weighted by Crippen LogP contribution is 2.29. The quantitative estimate of drug-likeness (QED) is 0.851. The van der Waals surface area contributed by atoms with Gasteiger partial charge in [0.25, 0.3) is 0 Å². The van der Waals surface area contributed by atoms with E-state index >= 15 is 0 Å². The molecule has 2 N–H and O–H groups in total. The first-order valence-electron chi connectivity index (χ1n) is 6.65. The molecule has 0 radical (unpaired) electrons. The largest absolute Gasteiger partial charge is 0.369 e. The Hall–Kier alpha value is -0.780. The Morgan fingerprint density at radius 3 is 2.89 bits per heavy atom. The number of aromatic nitrogens is 2. The molecule has 3 rings (SSSR count). The highest BCUT2D eigenvalue weighted by molar-refractivity contribution is 14.1. The van der Waals surface area contributed by atoms with Crippen LogP contribution in [0.2, 0.25) is 0 Å². The standard InChI is InChI=1S/C14H18IN3/c15-11-5-6-13-12(9-11)17-14(16)18(13)8-7-10-3-1-2-4-10/h5-6,9-10H,1-4,7-8H2,(H2,16,17). The van der Waals surface area contributed by atoms with E-state index in [0.717, 1.165) is 18.0 Å². The second-order valence-electron chi connectivity index (χ2n) is 5.19. The fourth-order valence-electron chi connectivity index (χ4n) is 2.97. The highest BCUT2D eigenvalue weighted by atomic mass is 127. The third-order valence-corrected chi connectivity index (χ3v) is 4.65. The number of aryl methyl sites for hydroxylation is 1. The predicted octanol–water partition coefficient (Wildman–Crippen LogP) is 3.80. The smallest absolute Gasteiger partial charge is 0.201 e. The first-order chi connectivity index (χ1) is 8.74. The Morgan fingerprint density at radius 1 is 1.33 bits per heavy atom. The number of rotatable bonds is 3. The van der Waals surface area contributed by atoms with Crippen molar-refractivity contribution in [3.8, 4) is 0 Å². The number of benzene rings is 1. The lowest BCUT2D eigenvalue weighted by atomic mass is 10.0. The molecule has 0 aliphatic heterocycles. The zero-order valence-corrected chi connectivity index (χ0v) is 12.6. The minimum absolute atomic E-state index is 0.657. The molecule has 1 aliphatic rings. The maximum absolute atomic E-state index is 6.04. The minimum atomic E-state index is 0.657. The summed E-state index contributed by atoms with van der Waals surface area (Å²) in [5.41, 5.74) is 8.23. The van der Waals surface area contributed by atoms with E-state index in [-0.39, 0.29) is 0 Å². The molecule has 96 valence electrons. The monoisotopic (exact) mass is 355 g/mol. The van der Waals surface area contributed by atoms with Crippen LogP contribution in [0.25, 0.3) is 11.0 Å². The van der Waals surface area contributed by atoms with E-state index < -0.39 is 0 Å². The molecule has 0 unspecified atom stereocenters. The van der Waals surface area contributed by atoms with Gasteiger partial charge in [-0.15, -0.1) is 0 Å². The summed E-state index contributed by atoms with van der Waals surface area (Å²) in [4.78, 5) is 4.46. The van der Waals surface area contributed by atoms with E-state index in [2.05, 4.69) is 50.3 Å². The number of hydrogen-bond acceptors (Lipinski definition) is 2. The lowest BCUT2D eigenvalue weighted by Gasteiger charge is -2.11. The molecule has 2 aromatic rings. The molecular formula is C14H18IN3. The van der Waals surface area contributed by atoms with Gasteiger partial charge in [-0.05, 0) is 53.1 Å². The zero-order valence-electron chi connectivity index (χ0n) is 10.4. The average molecular weight is 355 g/mol. The Morgan fingerprint density at radius 2 is 2.11 bits per heavy atom. The molecule has 0 atom stereocenters. The van der Waals surface area contributed by atoms with Gasteiger partial charge in [0.05, 0.1) is 11.0 Å². The van der Waals surface area contributed by atoms with Crippen LogP contribution in [0.3, 0.4) is 0 Å². The molecule has 0 saturated heterocycles. The summed E-state index contributed by atoms with van der Waals surface area (Å²) in [5.74, 6) is 1.55. The summed E-state index contributed by atoms with van der Waals surface area (Å²) < 4.78 is 3.38. The van der Waals surface area contributed by atoms with Crippen LogP contribution in [-0.2, 0) is 6.54 Å². The van der Waals surface area contributed by atoms with Crippen molar-refractivity contribution >= 4 is 39.6 Å². The second kappa shape index (κ2) is 5.07. The molecule has 1 heterocycles. The Labute approximate surface area is 121 Å². The molecule has 1 fully saturated rings. The lowest BCUT2D eigenvalue weighted by Crippen LogP contribution is -2.06. The average Bonchev–Trinajstić information content (AvgIpc) is 2.93. The van der Waals surface area contributed by atoms with Gasteiger partial charge in [-0.1, -0.05) is 25.7 Å². The second-order valence-corrected chi connectivity index (χ2v) is 6.44. The van der Waals surface area contributed by atoms with Gasteiger partial charge < -0.3 is 10.3 Å². The first kappa shape index (κ1) is 12.3. The van der Waals surface area contributed by atoms with Crippen molar-refractivity contribution in [3.63, 3.8) is 0 Å². The first-order valence-corrected chi connectivity index (χ1v) is 7.73. The van der Waals surface area contributed by atoms with E-state index in [9.17, 15) is 0 Å². The van der Waals surface area contributed by atoms with Crippen molar-refractivity contribution in [1.29, 1.82) is 0 Å².